The van der Waals surface area contributed by atoms with Gasteiger partial charge in [-0.05, 0) is 57.3 Å². The van der Waals surface area contributed by atoms with Gasteiger partial charge in [0.25, 0.3) is 0 Å². The molecule has 2 fully saturated rings. The molecule has 0 amide bonds. The maximum Gasteiger partial charge on any atom is 0.460 e. The summed E-state index contributed by atoms with van der Waals surface area (Å²) in [5.41, 5.74) is 0. The van der Waals surface area contributed by atoms with Crippen molar-refractivity contribution >= 4 is 5.97 Å². The molecule has 0 spiro atoms. The molecule has 0 saturated heterocycles. The third-order valence-electron chi connectivity index (χ3n) is 6.52. The first-order valence-corrected chi connectivity index (χ1v) is 10.6. The lowest BCUT2D eigenvalue weighted by atomic mass is 9.76. The molecule has 2 aliphatic carbocycles. The molecule has 0 unspecified atom stereocenters. The maximum absolute atomic E-state index is 14.1. The lowest BCUT2D eigenvalue weighted by Gasteiger charge is -2.40. The SMILES string of the molecule is CCCC1CCC(OC(=O)C2CCC(C(F)(F)C(F)(F)C(F)(F)C(F)(F)F)CC2)CC1. The van der Waals surface area contributed by atoms with Gasteiger partial charge in [-0.25, -0.2) is 0 Å². The second-order valence-electron chi connectivity index (χ2n) is 8.69. The van der Waals surface area contributed by atoms with Crippen LogP contribution >= 0.6 is 0 Å². The van der Waals surface area contributed by atoms with Crippen LogP contribution in [0.5, 0.6) is 0 Å². The molecule has 0 aromatic carbocycles. The second-order valence-corrected chi connectivity index (χ2v) is 8.69. The minimum atomic E-state index is -6.88. The van der Waals surface area contributed by atoms with Gasteiger partial charge in [0.15, 0.2) is 0 Å². The van der Waals surface area contributed by atoms with Crippen LogP contribution in [0.25, 0.3) is 0 Å². The van der Waals surface area contributed by atoms with E-state index in [-0.39, 0.29) is 18.9 Å². The molecule has 31 heavy (non-hydrogen) atoms. The first-order chi connectivity index (χ1) is 14.1. The molecule has 182 valence electrons. The number of hydrogen-bond donors (Lipinski definition) is 0. The van der Waals surface area contributed by atoms with Crippen LogP contribution in [-0.4, -0.2) is 36.0 Å². The van der Waals surface area contributed by atoms with Crippen molar-refractivity contribution in [1.29, 1.82) is 0 Å². The Morgan fingerprint density at radius 1 is 0.774 bits per heavy atom. The summed E-state index contributed by atoms with van der Waals surface area (Å²) in [5.74, 6) is -22.4. The van der Waals surface area contributed by atoms with E-state index in [9.17, 15) is 44.3 Å². The van der Waals surface area contributed by atoms with Gasteiger partial charge < -0.3 is 4.74 Å². The molecule has 0 bridgehead atoms. The Labute approximate surface area is 174 Å². The molecule has 2 rings (SSSR count). The molecule has 2 saturated carbocycles. The molecule has 0 aromatic rings. The molecule has 2 nitrogen and oxygen atoms in total. The van der Waals surface area contributed by atoms with Crippen molar-refractivity contribution in [1.82, 2.24) is 0 Å². The Morgan fingerprint density at radius 2 is 1.29 bits per heavy atom. The van der Waals surface area contributed by atoms with Gasteiger partial charge in [0.2, 0.25) is 0 Å². The summed E-state index contributed by atoms with van der Waals surface area (Å²) < 4.78 is 124. The molecule has 0 aliphatic heterocycles. The summed E-state index contributed by atoms with van der Waals surface area (Å²) in [7, 11) is 0. The molecular formula is C20H27F9O2. The van der Waals surface area contributed by atoms with Gasteiger partial charge in [-0.3, -0.25) is 4.79 Å². The zero-order chi connectivity index (χ0) is 23.7. The summed E-state index contributed by atoms with van der Waals surface area (Å²) in [5, 5.41) is 0. The van der Waals surface area contributed by atoms with Crippen LogP contribution in [-0.2, 0) is 9.53 Å². The quantitative estimate of drug-likeness (QED) is 0.291. The van der Waals surface area contributed by atoms with Gasteiger partial charge in [0.1, 0.15) is 6.10 Å². The van der Waals surface area contributed by atoms with Crippen molar-refractivity contribution in [3.63, 3.8) is 0 Å². The Hall–Kier alpha value is -1.16. The number of halogens is 9. The number of esters is 1. The Morgan fingerprint density at radius 3 is 1.74 bits per heavy atom. The first kappa shape index (κ1) is 26.1. The van der Waals surface area contributed by atoms with Crippen molar-refractivity contribution in [2.45, 2.75) is 101 Å². The zero-order valence-electron chi connectivity index (χ0n) is 17.1. The Balaban J connectivity index is 1.92. The minimum absolute atomic E-state index is 0.311. The maximum atomic E-state index is 14.1. The minimum Gasteiger partial charge on any atom is -0.462 e. The van der Waals surface area contributed by atoms with Crippen LogP contribution in [0.2, 0.25) is 0 Å². The van der Waals surface area contributed by atoms with Gasteiger partial charge in [0, 0.05) is 5.92 Å². The van der Waals surface area contributed by atoms with Crippen LogP contribution in [0.1, 0.15) is 71.1 Å². The van der Waals surface area contributed by atoms with E-state index >= 15 is 0 Å². The van der Waals surface area contributed by atoms with Gasteiger partial charge in [-0.15, -0.1) is 0 Å². The van der Waals surface area contributed by atoms with E-state index in [1.165, 1.54) is 0 Å². The van der Waals surface area contributed by atoms with Gasteiger partial charge in [0.05, 0.1) is 5.92 Å². The zero-order valence-corrected chi connectivity index (χ0v) is 17.1. The van der Waals surface area contributed by atoms with Crippen LogP contribution < -0.4 is 0 Å². The average Bonchev–Trinajstić information content (AvgIpc) is 2.68. The molecule has 0 aromatic heterocycles. The van der Waals surface area contributed by atoms with Crippen molar-refractivity contribution in [2.24, 2.45) is 17.8 Å². The fraction of sp³-hybridized carbons (Fsp3) is 0.950. The van der Waals surface area contributed by atoms with Gasteiger partial charge in [-0.1, -0.05) is 19.8 Å². The normalized spacial score (nSPS) is 29.0. The average molecular weight is 470 g/mol. The van der Waals surface area contributed by atoms with E-state index in [4.69, 9.17) is 4.74 Å². The highest BCUT2D eigenvalue weighted by molar-refractivity contribution is 5.72. The van der Waals surface area contributed by atoms with E-state index in [1.807, 2.05) is 0 Å². The molecule has 0 radical (unpaired) electrons. The highest BCUT2D eigenvalue weighted by atomic mass is 19.4. The lowest BCUT2D eigenvalue weighted by Crippen LogP contribution is -2.63. The largest absolute Gasteiger partial charge is 0.462 e. The molecule has 0 atom stereocenters. The van der Waals surface area contributed by atoms with Crippen molar-refractivity contribution in [3.8, 4) is 0 Å². The second kappa shape index (κ2) is 9.37. The van der Waals surface area contributed by atoms with Crippen molar-refractivity contribution < 1.29 is 49.0 Å². The van der Waals surface area contributed by atoms with Crippen LogP contribution in [0.4, 0.5) is 39.5 Å². The van der Waals surface area contributed by atoms with Crippen LogP contribution in [0.3, 0.4) is 0 Å². The van der Waals surface area contributed by atoms with E-state index in [1.54, 1.807) is 0 Å². The predicted molar refractivity (Wildman–Crippen MR) is 93.1 cm³/mol. The third kappa shape index (κ3) is 5.26. The van der Waals surface area contributed by atoms with E-state index < -0.39 is 54.6 Å². The Bertz CT molecular complexity index is 602. The number of carbonyl (C=O) groups excluding carboxylic acids is 1. The Kier molecular flexibility index (Phi) is 7.89. The number of rotatable bonds is 7. The van der Waals surface area contributed by atoms with Crippen molar-refractivity contribution in [2.75, 3.05) is 0 Å². The van der Waals surface area contributed by atoms with Crippen molar-refractivity contribution in [3.05, 3.63) is 0 Å². The van der Waals surface area contributed by atoms with E-state index in [0.29, 0.717) is 18.8 Å². The fourth-order valence-electron chi connectivity index (χ4n) is 4.54. The monoisotopic (exact) mass is 470 g/mol. The predicted octanol–water partition coefficient (Wildman–Crippen LogP) is 7.16. The molecule has 0 N–H and O–H groups in total. The molecule has 2 aliphatic rings. The standard InChI is InChI=1S/C20H27F9O2/c1-2-3-12-4-10-15(11-5-12)31-16(30)13-6-8-14(9-7-13)17(21,22)18(23,24)19(25,26)20(27,28)29/h12-15H,2-11H2,1H3. The number of ether oxygens (including phenoxy) is 1. The van der Waals surface area contributed by atoms with Crippen LogP contribution in [0, 0.1) is 17.8 Å². The molecule has 11 heteroatoms. The number of carbonyl (C=O) groups is 1. The molecule has 0 heterocycles. The van der Waals surface area contributed by atoms with E-state index in [2.05, 4.69) is 6.92 Å². The van der Waals surface area contributed by atoms with Gasteiger partial charge >= 0.3 is 29.9 Å². The van der Waals surface area contributed by atoms with Gasteiger partial charge in [-0.2, -0.15) is 39.5 Å². The molecular weight excluding hydrogens is 443 g/mol. The number of hydrogen-bond acceptors (Lipinski definition) is 2. The third-order valence-corrected chi connectivity index (χ3v) is 6.52. The first-order valence-electron chi connectivity index (χ1n) is 10.6. The fourth-order valence-corrected chi connectivity index (χ4v) is 4.54. The summed E-state index contributed by atoms with van der Waals surface area (Å²) in [6, 6.07) is 0. The van der Waals surface area contributed by atoms with E-state index in [0.717, 1.165) is 25.7 Å². The van der Waals surface area contributed by atoms with Crippen LogP contribution in [0.15, 0.2) is 0 Å². The lowest BCUT2D eigenvalue weighted by molar-refractivity contribution is -0.404. The smallest absolute Gasteiger partial charge is 0.460 e. The summed E-state index contributed by atoms with van der Waals surface area (Å²) in [6.45, 7) is 2.08. The highest BCUT2D eigenvalue weighted by Crippen LogP contribution is 2.57. The summed E-state index contributed by atoms with van der Waals surface area (Å²) >= 11 is 0. The summed E-state index contributed by atoms with van der Waals surface area (Å²) in [6.07, 6.45) is -4.10. The summed E-state index contributed by atoms with van der Waals surface area (Å²) in [4.78, 5) is 12.3. The topological polar surface area (TPSA) is 26.3 Å². The highest BCUT2D eigenvalue weighted by Gasteiger charge is 2.82. The number of alkyl halides is 9.